The van der Waals surface area contributed by atoms with Crippen molar-refractivity contribution >= 4 is 41.0 Å². The van der Waals surface area contributed by atoms with E-state index in [0.29, 0.717) is 33.2 Å². The van der Waals surface area contributed by atoms with Crippen LogP contribution in [0.3, 0.4) is 0 Å². The Morgan fingerprint density at radius 1 is 1.00 bits per heavy atom. The third kappa shape index (κ3) is 5.89. The number of carbonyl (C=O) groups excluding carboxylic acids is 2. The molecule has 0 radical (unpaired) electrons. The molecule has 2 aromatic heterocycles. The maximum Gasteiger partial charge on any atom is 0.240 e. The van der Waals surface area contributed by atoms with Crippen molar-refractivity contribution in [1.82, 2.24) is 20.1 Å². The van der Waals surface area contributed by atoms with Crippen LogP contribution in [0.2, 0.25) is 5.02 Å². The first-order chi connectivity index (χ1) is 20.9. The van der Waals surface area contributed by atoms with Gasteiger partial charge in [-0.1, -0.05) is 66.2 Å². The summed E-state index contributed by atoms with van der Waals surface area (Å²) in [6, 6.07) is 25.1. The number of aromatic nitrogens is 3. The van der Waals surface area contributed by atoms with Gasteiger partial charge in [-0.3, -0.25) is 19.5 Å². The summed E-state index contributed by atoms with van der Waals surface area (Å²) in [6.45, 7) is -0.159. The van der Waals surface area contributed by atoms with E-state index in [4.69, 9.17) is 16.7 Å². The fourth-order valence-corrected chi connectivity index (χ4v) is 6.41. The Balaban J connectivity index is 1.54. The summed E-state index contributed by atoms with van der Waals surface area (Å²) < 4.78 is 30.9. The molecule has 3 heterocycles. The standard InChI is InChI=1S/C32H24ClF2N5O2S/c33-24-11-4-5-12-26(24)40-32-29(30(38-40)20-8-2-1-3-9-20)31(23-14-13-21(34)16-25(23)35)43-19-28(42)39(32)18-27(41)37-17-22-10-6-7-15-36-22/h1-16,31H,17-19H2,(H,37,41)/t31-/m1/s1. The van der Waals surface area contributed by atoms with Crippen LogP contribution in [0.25, 0.3) is 16.9 Å². The van der Waals surface area contributed by atoms with Gasteiger partial charge in [-0.25, -0.2) is 13.5 Å². The SMILES string of the molecule is O=C(CN1C(=O)CS[C@H](c2ccc(F)cc2F)c2c(-c3ccccc3)nn(-c3ccccc3Cl)c21)NCc1ccccn1. The zero-order valence-corrected chi connectivity index (χ0v) is 24.2. The van der Waals surface area contributed by atoms with E-state index < -0.39 is 22.8 Å². The van der Waals surface area contributed by atoms with E-state index in [1.54, 1.807) is 42.6 Å². The highest BCUT2D eigenvalue weighted by Crippen LogP contribution is 2.49. The summed E-state index contributed by atoms with van der Waals surface area (Å²) in [6.07, 6.45) is 1.63. The van der Waals surface area contributed by atoms with Crippen LogP contribution in [0.1, 0.15) is 22.1 Å². The number of hydrogen-bond acceptors (Lipinski definition) is 5. The minimum atomic E-state index is -0.757. The number of carbonyl (C=O) groups is 2. The molecule has 2 amide bonds. The largest absolute Gasteiger partial charge is 0.349 e. The van der Waals surface area contributed by atoms with E-state index in [2.05, 4.69) is 10.3 Å². The van der Waals surface area contributed by atoms with E-state index in [9.17, 15) is 14.0 Å². The van der Waals surface area contributed by atoms with Gasteiger partial charge in [0.15, 0.2) is 0 Å². The Morgan fingerprint density at radius 3 is 2.51 bits per heavy atom. The minimum absolute atomic E-state index is 0.0690. The first-order valence-electron chi connectivity index (χ1n) is 13.4. The van der Waals surface area contributed by atoms with Crippen LogP contribution in [-0.4, -0.2) is 38.9 Å². The molecule has 3 aromatic carbocycles. The molecule has 0 saturated heterocycles. The number of hydrogen-bond donors (Lipinski definition) is 1. The van der Waals surface area contributed by atoms with Crippen molar-refractivity contribution in [3.63, 3.8) is 0 Å². The van der Waals surface area contributed by atoms with Crippen molar-refractivity contribution in [1.29, 1.82) is 0 Å². The summed E-state index contributed by atoms with van der Waals surface area (Å²) in [4.78, 5) is 32.7. The second-order valence-corrected chi connectivity index (χ2v) is 11.3. The van der Waals surface area contributed by atoms with Gasteiger partial charge in [0.2, 0.25) is 11.8 Å². The monoisotopic (exact) mass is 615 g/mol. The van der Waals surface area contributed by atoms with Gasteiger partial charge in [-0.15, -0.1) is 11.8 Å². The van der Waals surface area contributed by atoms with E-state index in [0.717, 1.165) is 6.07 Å². The van der Waals surface area contributed by atoms with Gasteiger partial charge in [0.05, 0.1) is 39.6 Å². The highest BCUT2D eigenvalue weighted by molar-refractivity contribution is 8.00. The first-order valence-corrected chi connectivity index (χ1v) is 14.8. The molecule has 1 atom stereocenters. The Labute approximate surface area is 255 Å². The van der Waals surface area contributed by atoms with Crippen molar-refractivity contribution in [2.75, 3.05) is 17.2 Å². The molecule has 0 bridgehead atoms. The van der Waals surface area contributed by atoms with Gasteiger partial charge in [-0.2, -0.15) is 5.10 Å². The fourth-order valence-electron chi connectivity index (χ4n) is 4.97. The molecule has 1 aliphatic rings. The molecule has 0 aliphatic carbocycles. The first kappa shape index (κ1) is 28.6. The number of amides is 2. The maximum atomic E-state index is 15.4. The summed E-state index contributed by atoms with van der Waals surface area (Å²) in [5.74, 6) is -2.05. The van der Waals surface area contributed by atoms with Crippen molar-refractivity contribution in [2.24, 2.45) is 0 Å². The van der Waals surface area contributed by atoms with Crippen molar-refractivity contribution in [2.45, 2.75) is 11.8 Å². The Morgan fingerprint density at radius 2 is 1.77 bits per heavy atom. The lowest BCUT2D eigenvalue weighted by Gasteiger charge is -2.23. The molecule has 7 nitrogen and oxygen atoms in total. The molecule has 0 fully saturated rings. The lowest BCUT2D eigenvalue weighted by atomic mass is 9.99. The average molecular weight is 616 g/mol. The van der Waals surface area contributed by atoms with Gasteiger partial charge in [0.25, 0.3) is 0 Å². The summed E-state index contributed by atoms with van der Waals surface area (Å²) in [5.41, 5.74) is 3.02. The topological polar surface area (TPSA) is 80.1 Å². The van der Waals surface area contributed by atoms with Crippen LogP contribution in [0, 0.1) is 11.6 Å². The number of nitrogens with one attached hydrogen (secondary N) is 1. The van der Waals surface area contributed by atoms with Crippen molar-refractivity contribution in [3.05, 3.63) is 131 Å². The van der Waals surface area contributed by atoms with Crippen LogP contribution in [0.5, 0.6) is 0 Å². The second-order valence-electron chi connectivity index (χ2n) is 9.75. The summed E-state index contributed by atoms with van der Waals surface area (Å²) in [7, 11) is 0. The number of fused-ring (bicyclic) bond motifs is 1. The van der Waals surface area contributed by atoms with Gasteiger partial charge in [0, 0.05) is 29.0 Å². The molecule has 11 heteroatoms. The molecule has 43 heavy (non-hydrogen) atoms. The zero-order chi connectivity index (χ0) is 29.9. The third-order valence-electron chi connectivity index (χ3n) is 6.96. The Hall–Kier alpha value is -4.54. The van der Waals surface area contributed by atoms with Gasteiger partial charge in [0.1, 0.15) is 24.0 Å². The number of rotatable bonds is 7. The molecular weight excluding hydrogens is 592 g/mol. The average Bonchev–Trinajstić information content (AvgIpc) is 3.34. The Kier molecular flexibility index (Phi) is 8.22. The van der Waals surface area contributed by atoms with E-state index in [-0.39, 0.29) is 36.1 Å². The lowest BCUT2D eigenvalue weighted by molar-refractivity contribution is -0.123. The zero-order valence-electron chi connectivity index (χ0n) is 22.6. The van der Waals surface area contributed by atoms with Crippen molar-refractivity contribution < 1.29 is 18.4 Å². The lowest BCUT2D eigenvalue weighted by Crippen LogP contribution is -2.42. The number of para-hydroxylation sites is 1. The number of benzene rings is 3. The van der Waals surface area contributed by atoms with Crippen LogP contribution >= 0.6 is 23.4 Å². The van der Waals surface area contributed by atoms with E-state index in [1.807, 2.05) is 36.4 Å². The van der Waals surface area contributed by atoms with Crippen molar-refractivity contribution in [3.8, 4) is 16.9 Å². The van der Waals surface area contributed by atoms with Crippen LogP contribution in [-0.2, 0) is 16.1 Å². The molecule has 0 spiro atoms. The molecule has 5 aromatic rings. The van der Waals surface area contributed by atoms with Crippen LogP contribution in [0.15, 0.2) is 97.2 Å². The highest BCUT2D eigenvalue weighted by Gasteiger charge is 2.38. The number of anilines is 1. The third-order valence-corrected chi connectivity index (χ3v) is 8.51. The summed E-state index contributed by atoms with van der Waals surface area (Å²) >= 11 is 7.83. The van der Waals surface area contributed by atoms with E-state index >= 15 is 4.39 Å². The molecule has 0 saturated carbocycles. The number of pyridine rings is 1. The maximum absolute atomic E-state index is 15.4. The molecular formula is C32H24ClF2N5O2S. The number of thioether (sulfide) groups is 1. The molecule has 216 valence electrons. The van der Waals surface area contributed by atoms with Gasteiger partial charge < -0.3 is 5.32 Å². The molecule has 6 rings (SSSR count). The van der Waals surface area contributed by atoms with E-state index in [1.165, 1.54) is 33.5 Å². The molecule has 1 aliphatic heterocycles. The fraction of sp³-hybridized carbons (Fsp3) is 0.125. The van der Waals surface area contributed by atoms with Crippen LogP contribution in [0.4, 0.5) is 14.6 Å². The predicted octanol–water partition coefficient (Wildman–Crippen LogP) is 6.35. The van der Waals surface area contributed by atoms with Crippen LogP contribution < -0.4 is 10.2 Å². The van der Waals surface area contributed by atoms with Gasteiger partial charge in [-0.05, 0) is 30.3 Å². The smallest absolute Gasteiger partial charge is 0.240 e. The minimum Gasteiger partial charge on any atom is -0.349 e. The number of halogens is 3. The van der Waals surface area contributed by atoms with Gasteiger partial charge >= 0.3 is 0 Å². The quantitative estimate of drug-likeness (QED) is 0.231. The molecule has 1 N–H and O–H groups in total. The summed E-state index contributed by atoms with van der Waals surface area (Å²) in [5, 5.41) is 7.36. The molecule has 0 unspecified atom stereocenters. The second kappa shape index (κ2) is 12.4. The highest BCUT2D eigenvalue weighted by atomic mass is 35.5. The normalized spacial score (nSPS) is 14.7. The number of nitrogens with zero attached hydrogens (tertiary/aromatic N) is 4. The predicted molar refractivity (Wildman–Crippen MR) is 163 cm³/mol. The Bertz CT molecular complexity index is 1800.